The number of hydrogen-bond donors (Lipinski definition) is 2. The van der Waals surface area contributed by atoms with Crippen LogP contribution in [0, 0.1) is 17.8 Å². The fourth-order valence-electron chi connectivity index (χ4n) is 3.16. The number of carbonyl (C=O) groups excluding carboxylic acids is 2. The van der Waals surface area contributed by atoms with E-state index in [4.69, 9.17) is 0 Å². The average molecular weight is 265 g/mol. The van der Waals surface area contributed by atoms with Gasteiger partial charge < -0.3 is 15.5 Å². The largest absolute Gasteiger partial charge is 0.356 e. The van der Waals surface area contributed by atoms with Gasteiger partial charge in [0.05, 0.1) is 0 Å². The number of nitrogens with one attached hydrogen (secondary N) is 2. The third-order valence-corrected chi connectivity index (χ3v) is 4.56. The van der Waals surface area contributed by atoms with Crippen molar-refractivity contribution in [3.05, 3.63) is 0 Å². The number of fused-ring (bicyclic) bond motifs is 1. The van der Waals surface area contributed by atoms with Crippen LogP contribution in [0.5, 0.6) is 0 Å². The second-order valence-corrected chi connectivity index (χ2v) is 6.15. The summed E-state index contributed by atoms with van der Waals surface area (Å²) in [6, 6.07) is 0. The van der Waals surface area contributed by atoms with Crippen LogP contribution in [-0.2, 0) is 9.59 Å². The van der Waals surface area contributed by atoms with Gasteiger partial charge in [-0.1, -0.05) is 0 Å². The first-order valence-corrected chi connectivity index (χ1v) is 7.50. The van der Waals surface area contributed by atoms with Crippen LogP contribution in [-0.4, -0.2) is 49.4 Å². The molecule has 19 heavy (non-hydrogen) atoms. The maximum Gasteiger partial charge on any atom is 0.223 e. The van der Waals surface area contributed by atoms with Crippen molar-refractivity contribution in [2.75, 3.05) is 32.7 Å². The lowest BCUT2D eigenvalue weighted by Gasteiger charge is -2.17. The van der Waals surface area contributed by atoms with Crippen LogP contribution in [0.3, 0.4) is 0 Å². The van der Waals surface area contributed by atoms with Gasteiger partial charge in [-0.15, -0.1) is 0 Å². The van der Waals surface area contributed by atoms with Gasteiger partial charge >= 0.3 is 0 Å². The zero-order valence-electron chi connectivity index (χ0n) is 11.4. The van der Waals surface area contributed by atoms with Crippen LogP contribution < -0.4 is 10.6 Å². The Morgan fingerprint density at radius 3 is 2.47 bits per heavy atom. The van der Waals surface area contributed by atoms with Gasteiger partial charge in [0.2, 0.25) is 11.8 Å². The number of rotatable bonds is 5. The summed E-state index contributed by atoms with van der Waals surface area (Å²) in [4.78, 5) is 25.5. The van der Waals surface area contributed by atoms with Gasteiger partial charge in [-0.2, -0.15) is 0 Å². The quantitative estimate of drug-likeness (QED) is 0.686. The fourth-order valence-corrected chi connectivity index (χ4v) is 3.16. The van der Waals surface area contributed by atoms with Crippen molar-refractivity contribution in [1.29, 1.82) is 0 Å². The standard InChI is InChI=1S/C14H23N3O2/c18-13(2-1-5-16-14(19)10-3-4-10)17-8-11-6-15-7-12(11)9-17/h10-12,15H,1-9H2,(H,16,19)/t11-,12+. The summed E-state index contributed by atoms with van der Waals surface area (Å²) in [5.41, 5.74) is 0. The van der Waals surface area contributed by atoms with Crippen molar-refractivity contribution < 1.29 is 9.59 Å². The summed E-state index contributed by atoms with van der Waals surface area (Å²) in [6.07, 6.45) is 3.41. The molecule has 0 aromatic carbocycles. The van der Waals surface area contributed by atoms with Crippen LogP contribution in [0.2, 0.25) is 0 Å². The predicted molar refractivity (Wildman–Crippen MR) is 71.4 cm³/mol. The Hall–Kier alpha value is -1.10. The molecule has 2 heterocycles. The minimum atomic E-state index is 0.175. The highest BCUT2D eigenvalue weighted by Crippen LogP contribution is 2.29. The molecule has 5 heteroatoms. The molecule has 1 aliphatic carbocycles. The summed E-state index contributed by atoms with van der Waals surface area (Å²) < 4.78 is 0. The SMILES string of the molecule is O=C(NCCCC(=O)N1C[C@H]2CNC[C@H]2C1)C1CC1. The number of likely N-dealkylation sites (tertiary alicyclic amines) is 1. The van der Waals surface area contributed by atoms with Gasteiger partial charge in [-0.05, 0) is 31.1 Å². The fraction of sp³-hybridized carbons (Fsp3) is 0.857. The summed E-state index contributed by atoms with van der Waals surface area (Å²) in [6.45, 7) is 4.61. The molecule has 5 nitrogen and oxygen atoms in total. The Labute approximate surface area is 114 Å². The van der Waals surface area contributed by atoms with E-state index in [1.807, 2.05) is 4.90 Å². The van der Waals surface area contributed by atoms with Crippen molar-refractivity contribution in [2.24, 2.45) is 17.8 Å². The molecule has 0 spiro atoms. The molecule has 3 rings (SSSR count). The number of carbonyl (C=O) groups is 2. The van der Waals surface area contributed by atoms with E-state index < -0.39 is 0 Å². The van der Waals surface area contributed by atoms with Crippen molar-refractivity contribution >= 4 is 11.8 Å². The van der Waals surface area contributed by atoms with E-state index in [1.165, 1.54) is 0 Å². The number of hydrogen-bond acceptors (Lipinski definition) is 3. The lowest BCUT2D eigenvalue weighted by atomic mass is 10.0. The second kappa shape index (κ2) is 5.49. The Kier molecular flexibility index (Phi) is 3.73. The van der Waals surface area contributed by atoms with Crippen molar-refractivity contribution in [3.8, 4) is 0 Å². The Morgan fingerprint density at radius 1 is 1.16 bits per heavy atom. The molecule has 2 atom stereocenters. The minimum absolute atomic E-state index is 0.175. The van der Waals surface area contributed by atoms with Crippen LogP contribution in [0.1, 0.15) is 25.7 Å². The molecule has 0 aromatic heterocycles. The molecular formula is C14H23N3O2. The van der Waals surface area contributed by atoms with Gasteiger partial charge in [-0.25, -0.2) is 0 Å². The maximum atomic E-state index is 12.1. The monoisotopic (exact) mass is 265 g/mol. The van der Waals surface area contributed by atoms with E-state index in [1.54, 1.807) is 0 Å². The first-order valence-electron chi connectivity index (χ1n) is 7.50. The summed E-state index contributed by atoms with van der Waals surface area (Å²) in [5, 5.41) is 6.29. The lowest BCUT2D eigenvalue weighted by Crippen LogP contribution is -2.32. The normalized spacial score (nSPS) is 29.4. The highest BCUT2D eigenvalue weighted by atomic mass is 16.2. The summed E-state index contributed by atoms with van der Waals surface area (Å²) >= 11 is 0. The molecular weight excluding hydrogens is 242 g/mol. The van der Waals surface area contributed by atoms with E-state index in [0.717, 1.165) is 45.4 Å². The first-order chi connectivity index (χ1) is 9.24. The Morgan fingerprint density at radius 2 is 1.84 bits per heavy atom. The maximum absolute atomic E-state index is 12.1. The Balaban J connectivity index is 1.32. The third-order valence-electron chi connectivity index (χ3n) is 4.56. The predicted octanol–water partition coefficient (Wildman–Crippen LogP) is -0.0294. The van der Waals surface area contributed by atoms with E-state index >= 15 is 0 Å². The molecule has 3 aliphatic rings. The zero-order chi connectivity index (χ0) is 13.2. The van der Waals surface area contributed by atoms with Gasteiger partial charge in [-0.3, -0.25) is 9.59 Å². The summed E-state index contributed by atoms with van der Waals surface area (Å²) in [7, 11) is 0. The third kappa shape index (κ3) is 3.08. The smallest absolute Gasteiger partial charge is 0.223 e. The summed E-state index contributed by atoms with van der Waals surface area (Å²) in [5.74, 6) is 2.03. The van der Waals surface area contributed by atoms with E-state index in [-0.39, 0.29) is 17.7 Å². The molecule has 0 radical (unpaired) electrons. The molecule has 106 valence electrons. The van der Waals surface area contributed by atoms with Gasteiger partial charge in [0.25, 0.3) is 0 Å². The highest BCUT2D eigenvalue weighted by molar-refractivity contribution is 5.81. The topological polar surface area (TPSA) is 61.4 Å². The molecule has 2 amide bonds. The first kappa shape index (κ1) is 12.9. The molecule has 2 saturated heterocycles. The van der Waals surface area contributed by atoms with Crippen LogP contribution in [0.25, 0.3) is 0 Å². The molecule has 1 saturated carbocycles. The van der Waals surface area contributed by atoms with E-state index in [2.05, 4.69) is 10.6 Å². The van der Waals surface area contributed by atoms with Gasteiger partial charge in [0.15, 0.2) is 0 Å². The van der Waals surface area contributed by atoms with Crippen molar-refractivity contribution in [3.63, 3.8) is 0 Å². The van der Waals surface area contributed by atoms with Gasteiger partial charge in [0, 0.05) is 45.1 Å². The second-order valence-electron chi connectivity index (χ2n) is 6.15. The van der Waals surface area contributed by atoms with Crippen LogP contribution in [0.15, 0.2) is 0 Å². The van der Waals surface area contributed by atoms with E-state index in [0.29, 0.717) is 24.8 Å². The number of nitrogens with zero attached hydrogens (tertiary/aromatic N) is 1. The highest BCUT2D eigenvalue weighted by Gasteiger charge is 2.37. The lowest BCUT2D eigenvalue weighted by molar-refractivity contribution is -0.130. The van der Waals surface area contributed by atoms with Gasteiger partial charge in [0.1, 0.15) is 0 Å². The minimum Gasteiger partial charge on any atom is -0.356 e. The van der Waals surface area contributed by atoms with Crippen molar-refractivity contribution in [1.82, 2.24) is 15.5 Å². The van der Waals surface area contributed by atoms with E-state index in [9.17, 15) is 9.59 Å². The molecule has 2 aliphatic heterocycles. The Bertz CT molecular complexity index is 356. The average Bonchev–Trinajstić information content (AvgIpc) is 3.02. The number of amides is 2. The molecule has 3 fully saturated rings. The molecule has 0 bridgehead atoms. The molecule has 2 N–H and O–H groups in total. The molecule has 0 unspecified atom stereocenters. The van der Waals surface area contributed by atoms with Crippen molar-refractivity contribution in [2.45, 2.75) is 25.7 Å². The van der Waals surface area contributed by atoms with Crippen LogP contribution >= 0.6 is 0 Å². The molecule has 0 aromatic rings. The van der Waals surface area contributed by atoms with Crippen LogP contribution in [0.4, 0.5) is 0 Å². The zero-order valence-corrected chi connectivity index (χ0v) is 11.4.